The van der Waals surface area contributed by atoms with E-state index in [2.05, 4.69) is 13.8 Å². The molecule has 0 atom stereocenters. The molecule has 0 bridgehead atoms. The molecule has 0 saturated heterocycles. The first-order valence-corrected chi connectivity index (χ1v) is 5.23. The van der Waals surface area contributed by atoms with Crippen molar-refractivity contribution < 1.29 is 4.74 Å². The highest BCUT2D eigenvalue weighted by molar-refractivity contribution is 4.73. The molecule has 0 N–H and O–H groups in total. The summed E-state index contributed by atoms with van der Waals surface area (Å²) in [5, 5.41) is 0. The molecule has 1 aliphatic rings. The van der Waals surface area contributed by atoms with Crippen LogP contribution in [-0.4, -0.2) is 13.7 Å². The zero-order valence-electron chi connectivity index (χ0n) is 8.68. The second-order valence-corrected chi connectivity index (χ2v) is 4.48. The van der Waals surface area contributed by atoms with Gasteiger partial charge in [0.1, 0.15) is 0 Å². The summed E-state index contributed by atoms with van der Waals surface area (Å²) in [4.78, 5) is 0. The van der Waals surface area contributed by atoms with Gasteiger partial charge >= 0.3 is 0 Å². The molecule has 0 aromatic heterocycles. The highest BCUT2D eigenvalue weighted by Crippen LogP contribution is 2.33. The Hall–Kier alpha value is -0.0400. The molecule has 0 unspecified atom stereocenters. The van der Waals surface area contributed by atoms with Gasteiger partial charge < -0.3 is 4.74 Å². The van der Waals surface area contributed by atoms with E-state index in [1.165, 1.54) is 25.7 Å². The fourth-order valence-corrected chi connectivity index (χ4v) is 2.26. The van der Waals surface area contributed by atoms with Gasteiger partial charge in [0.15, 0.2) is 0 Å². The Morgan fingerprint density at radius 3 is 2.17 bits per heavy atom. The summed E-state index contributed by atoms with van der Waals surface area (Å²) in [6.45, 7) is 5.67. The van der Waals surface area contributed by atoms with E-state index in [0.29, 0.717) is 0 Å². The van der Waals surface area contributed by atoms with Crippen molar-refractivity contribution in [1.82, 2.24) is 0 Å². The van der Waals surface area contributed by atoms with Crippen LogP contribution in [0, 0.1) is 17.8 Å². The fourth-order valence-electron chi connectivity index (χ4n) is 2.26. The van der Waals surface area contributed by atoms with Crippen molar-refractivity contribution in [3.8, 4) is 0 Å². The molecule has 72 valence electrons. The molecular formula is C11H22O. The molecule has 0 heterocycles. The first-order chi connectivity index (χ1) is 5.74. The minimum absolute atomic E-state index is 0.852. The number of rotatable bonds is 3. The Bertz CT molecular complexity index is 112. The largest absolute Gasteiger partial charge is 0.384 e. The van der Waals surface area contributed by atoms with Crippen LogP contribution in [0.2, 0.25) is 0 Å². The van der Waals surface area contributed by atoms with Crippen molar-refractivity contribution >= 4 is 0 Å². The quantitative estimate of drug-likeness (QED) is 0.632. The van der Waals surface area contributed by atoms with Crippen molar-refractivity contribution in [2.24, 2.45) is 17.8 Å². The monoisotopic (exact) mass is 170 g/mol. The minimum atomic E-state index is 0.852. The first-order valence-electron chi connectivity index (χ1n) is 5.23. The van der Waals surface area contributed by atoms with Gasteiger partial charge in [0.2, 0.25) is 0 Å². The average molecular weight is 170 g/mol. The lowest BCUT2D eigenvalue weighted by Crippen LogP contribution is -2.21. The topological polar surface area (TPSA) is 9.23 Å². The van der Waals surface area contributed by atoms with Crippen molar-refractivity contribution in [2.75, 3.05) is 13.7 Å². The van der Waals surface area contributed by atoms with Gasteiger partial charge in [-0.1, -0.05) is 13.8 Å². The van der Waals surface area contributed by atoms with E-state index < -0.39 is 0 Å². The maximum atomic E-state index is 5.18. The van der Waals surface area contributed by atoms with Crippen molar-refractivity contribution in [1.29, 1.82) is 0 Å². The summed E-state index contributed by atoms with van der Waals surface area (Å²) in [7, 11) is 1.81. The summed E-state index contributed by atoms with van der Waals surface area (Å²) in [5.41, 5.74) is 0. The lowest BCUT2D eigenvalue weighted by atomic mass is 9.77. The molecule has 1 heteroatoms. The van der Waals surface area contributed by atoms with Crippen LogP contribution in [0.4, 0.5) is 0 Å². The second kappa shape index (κ2) is 4.86. The summed E-state index contributed by atoms with van der Waals surface area (Å²) in [6.07, 6.45) is 5.62. The Labute approximate surface area is 76.5 Å². The summed E-state index contributed by atoms with van der Waals surface area (Å²) in [6, 6.07) is 0. The number of ether oxygens (including phenoxy) is 1. The fraction of sp³-hybridized carbons (Fsp3) is 1.00. The van der Waals surface area contributed by atoms with Crippen molar-refractivity contribution in [2.45, 2.75) is 39.5 Å². The average Bonchev–Trinajstić information content (AvgIpc) is 2.06. The number of hydrogen-bond acceptors (Lipinski definition) is 1. The molecule has 0 aromatic rings. The smallest absolute Gasteiger partial charge is 0.0490 e. The van der Waals surface area contributed by atoms with Crippen LogP contribution in [0.5, 0.6) is 0 Å². The molecule has 1 rings (SSSR count). The predicted molar refractivity (Wildman–Crippen MR) is 52.2 cm³/mol. The normalized spacial score (nSPS) is 31.0. The van der Waals surface area contributed by atoms with Crippen LogP contribution in [0.1, 0.15) is 39.5 Å². The summed E-state index contributed by atoms with van der Waals surface area (Å²) < 4.78 is 5.18. The highest BCUT2D eigenvalue weighted by atomic mass is 16.5. The van der Waals surface area contributed by atoms with E-state index in [1.807, 2.05) is 7.11 Å². The maximum Gasteiger partial charge on any atom is 0.0490 e. The van der Waals surface area contributed by atoms with Gasteiger partial charge in [0, 0.05) is 13.7 Å². The van der Waals surface area contributed by atoms with Crippen LogP contribution in [0.3, 0.4) is 0 Å². The molecule has 12 heavy (non-hydrogen) atoms. The molecule has 0 aromatic carbocycles. The first kappa shape index (κ1) is 10.0. The zero-order chi connectivity index (χ0) is 8.97. The van der Waals surface area contributed by atoms with Gasteiger partial charge in [0.05, 0.1) is 0 Å². The Morgan fingerprint density at radius 2 is 1.75 bits per heavy atom. The lowest BCUT2D eigenvalue weighted by Gasteiger charge is -2.30. The molecule has 0 aliphatic heterocycles. The maximum absolute atomic E-state index is 5.18. The van der Waals surface area contributed by atoms with Gasteiger partial charge in [-0.2, -0.15) is 0 Å². The van der Waals surface area contributed by atoms with Gasteiger partial charge in [-0.15, -0.1) is 0 Å². The molecular weight excluding hydrogens is 148 g/mol. The lowest BCUT2D eigenvalue weighted by molar-refractivity contribution is 0.110. The van der Waals surface area contributed by atoms with Gasteiger partial charge in [0.25, 0.3) is 0 Å². The van der Waals surface area contributed by atoms with E-state index in [-0.39, 0.29) is 0 Å². The zero-order valence-corrected chi connectivity index (χ0v) is 8.68. The van der Waals surface area contributed by atoms with Gasteiger partial charge in [-0.25, -0.2) is 0 Å². The SMILES string of the molecule is COCC1CCC(C(C)C)CC1. The summed E-state index contributed by atoms with van der Waals surface area (Å²) in [5.74, 6) is 2.72. The Kier molecular flexibility index (Phi) is 4.07. The highest BCUT2D eigenvalue weighted by Gasteiger charge is 2.22. The third-order valence-electron chi connectivity index (χ3n) is 3.24. The molecule has 1 saturated carbocycles. The summed E-state index contributed by atoms with van der Waals surface area (Å²) >= 11 is 0. The number of methoxy groups -OCH3 is 1. The van der Waals surface area contributed by atoms with E-state index in [1.54, 1.807) is 0 Å². The van der Waals surface area contributed by atoms with E-state index in [4.69, 9.17) is 4.74 Å². The van der Waals surface area contributed by atoms with E-state index >= 15 is 0 Å². The molecule has 0 amide bonds. The molecule has 1 aliphatic carbocycles. The van der Waals surface area contributed by atoms with Gasteiger partial charge in [-0.3, -0.25) is 0 Å². The van der Waals surface area contributed by atoms with E-state index in [0.717, 1.165) is 24.4 Å². The van der Waals surface area contributed by atoms with Crippen LogP contribution >= 0.6 is 0 Å². The Balaban J connectivity index is 2.20. The molecule has 1 fully saturated rings. The minimum Gasteiger partial charge on any atom is -0.384 e. The standard InChI is InChI=1S/C11H22O/c1-9(2)11-6-4-10(5-7-11)8-12-3/h9-11H,4-8H2,1-3H3. The van der Waals surface area contributed by atoms with Crippen LogP contribution in [0.25, 0.3) is 0 Å². The van der Waals surface area contributed by atoms with Crippen molar-refractivity contribution in [3.05, 3.63) is 0 Å². The molecule has 1 nitrogen and oxygen atoms in total. The van der Waals surface area contributed by atoms with Gasteiger partial charge in [-0.05, 0) is 43.4 Å². The number of hydrogen-bond donors (Lipinski definition) is 0. The predicted octanol–water partition coefficient (Wildman–Crippen LogP) is 3.10. The third-order valence-corrected chi connectivity index (χ3v) is 3.24. The van der Waals surface area contributed by atoms with E-state index in [9.17, 15) is 0 Å². The van der Waals surface area contributed by atoms with Crippen LogP contribution in [0.15, 0.2) is 0 Å². The van der Waals surface area contributed by atoms with Crippen LogP contribution < -0.4 is 0 Å². The Morgan fingerprint density at radius 1 is 1.17 bits per heavy atom. The molecule has 0 radical (unpaired) electrons. The van der Waals surface area contributed by atoms with Crippen molar-refractivity contribution in [3.63, 3.8) is 0 Å². The molecule has 0 spiro atoms. The van der Waals surface area contributed by atoms with Crippen LogP contribution in [-0.2, 0) is 4.74 Å². The third kappa shape index (κ3) is 2.78. The second-order valence-electron chi connectivity index (χ2n) is 4.48.